The molecule has 1 heterocycles. The molecule has 0 bridgehead atoms. The van der Waals surface area contributed by atoms with Gasteiger partial charge in [0.25, 0.3) is 5.69 Å². The van der Waals surface area contributed by atoms with Gasteiger partial charge in [-0.25, -0.2) is 9.78 Å². The van der Waals surface area contributed by atoms with Crippen molar-refractivity contribution < 1.29 is 29.1 Å². The van der Waals surface area contributed by atoms with E-state index < -0.39 is 10.9 Å². The zero-order chi connectivity index (χ0) is 21.4. The van der Waals surface area contributed by atoms with E-state index in [9.17, 15) is 19.7 Å². The normalized spacial score (nSPS) is 10.4. The first-order valence-electron chi connectivity index (χ1n) is 8.72. The molecule has 1 aromatic carbocycles. The number of carboxylic acids is 1. The third-order valence-electron chi connectivity index (χ3n) is 3.87. The van der Waals surface area contributed by atoms with Crippen LogP contribution in [0.15, 0.2) is 28.7 Å². The van der Waals surface area contributed by atoms with Crippen LogP contribution in [0.4, 0.5) is 5.69 Å². The van der Waals surface area contributed by atoms with Crippen LogP contribution in [0.1, 0.15) is 45.7 Å². The molecule has 0 aliphatic rings. The number of hydrogen-bond acceptors (Lipinski definition) is 7. The molecular formula is C19H19BrN2O7. The van der Waals surface area contributed by atoms with Crippen LogP contribution in [-0.4, -0.2) is 40.5 Å². The van der Waals surface area contributed by atoms with Crippen LogP contribution >= 0.6 is 15.9 Å². The van der Waals surface area contributed by atoms with Gasteiger partial charge in [-0.1, -0.05) is 0 Å². The van der Waals surface area contributed by atoms with Crippen molar-refractivity contribution in [2.45, 2.75) is 26.2 Å². The Morgan fingerprint density at radius 3 is 2.52 bits per heavy atom. The Kier molecular flexibility index (Phi) is 8.08. The Hall–Kier alpha value is -3.01. The van der Waals surface area contributed by atoms with E-state index in [1.165, 1.54) is 18.2 Å². The first kappa shape index (κ1) is 22.3. The highest BCUT2D eigenvalue weighted by atomic mass is 79.9. The minimum atomic E-state index is -1.11. The number of nitro groups is 1. The van der Waals surface area contributed by atoms with Crippen molar-refractivity contribution in [1.82, 2.24) is 4.98 Å². The molecule has 0 aliphatic heterocycles. The molecule has 1 aromatic heterocycles. The number of carboxylic acid groups (broad SMARTS) is 1. The summed E-state index contributed by atoms with van der Waals surface area (Å²) in [5.41, 5.74) is 0.356. The lowest BCUT2D eigenvalue weighted by atomic mass is 10.2. The van der Waals surface area contributed by atoms with E-state index >= 15 is 0 Å². The van der Waals surface area contributed by atoms with Gasteiger partial charge in [-0.15, -0.1) is 0 Å². The quantitative estimate of drug-likeness (QED) is 0.225. The first-order valence-corrected chi connectivity index (χ1v) is 9.52. The van der Waals surface area contributed by atoms with Gasteiger partial charge in [-0.05, 0) is 59.8 Å². The van der Waals surface area contributed by atoms with E-state index in [1.54, 1.807) is 13.0 Å². The van der Waals surface area contributed by atoms with E-state index in [4.69, 9.17) is 14.6 Å². The smallest absolute Gasteiger partial charge is 0.354 e. The van der Waals surface area contributed by atoms with Gasteiger partial charge in [0, 0.05) is 6.07 Å². The van der Waals surface area contributed by atoms with Crippen molar-refractivity contribution in [3.05, 3.63) is 55.7 Å². The third-order valence-corrected chi connectivity index (χ3v) is 4.49. The number of ether oxygens (including phenoxy) is 2. The highest BCUT2D eigenvalue weighted by Gasteiger charge is 2.17. The molecule has 0 aliphatic carbocycles. The number of aldehydes is 1. The van der Waals surface area contributed by atoms with Crippen LogP contribution in [0, 0.1) is 17.0 Å². The van der Waals surface area contributed by atoms with E-state index in [0.29, 0.717) is 42.6 Å². The summed E-state index contributed by atoms with van der Waals surface area (Å²) < 4.78 is 11.5. The van der Waals surface area contributed by atoms with Gasteiger partial charge in [0.15, 0.2) is 12.0 Å². The van der Waals surface area contributed by atoms with Crippen molar-refractivity contribution >= 4 is 33.9 Å². The summed E-state index contributed by atoms with van der Waals surface area (Å²) in [4.78, 5) is 36.2. The van der Waals surface area contributed by atoms with Gasteiger partial charge in [-0.3, -0.25) is 14.9 Å². The number of hydrogen-bond donors (Lipinski definition) is 1. The van der Waals surface area contributed by atoms with Crippen molar-refractivity contribution in [3.63, 3.8) is 0 Å². The second-order valence-corrected chi connectivity index (χ2v) is 7.00. The molecule has 0 amide bonds. The molecule has 0 saturated carbocycles. The van der Waals surface area contributed by atoms with Crippen LogP contribution in [0.2, 0.25) is 0 Å². The highest BCUT2D eigenvalue weighted by Crippen LogP contribution is 2.32. The average molecular weight is 467 g/mol. The molecular weight excluding hydrogens is 448 g/mol. The Bertz CT molecular complexity index is 918. The summed E-state index contributed by atoms with van der Waals surface area (Å²) in [5, 5.41) is 20.0. The standard InChI is InChI=1S/C19H19BrN2O7/c1-12-7-15(19(24)25)21-18(8-12)29-6-4-2-3-5-28-17-10-16(22(26)27)13(11-23)9-14(17)20/h7-11H,2-6H2,1H3,(H,24,25). The van der Waals surface area contributed by atoms with Crippen molar-refractivity contribution in [2.24, 2.45) is 0 Å². The number of rotatable bonds is 11. The Labute approximate surface area is 174 Å². The number of nitrogens with zero attached hydrogens (tertiary/aromatic N) is 2. The largest absolute Gasteiger partial charge is 0.492 e. The molecule has 10 heteroatoms. The molecule has 0 spiro atoms. The monoisotopic (exact) mass is 466 g/mol. The minimum absolute atomic E-state index is 0.0258. The summed E-state index contributed by atoms with van der Waals surface area (Å²) in [5.74, 6) is -0.544. The van der Waals surface area contributed by atoms with Crippen molar-refractivity contribution in [3.8, 4) is 11.6 Å². The van der Waals surface area contributed by atoms with Crippen LogP contribution in [0.25, 0.3) is 0 Å². The van der Waals surface area contributed by atoms with Crippen molar-refractivity contribution in [1.29, 1.82) is 0 Å². The molecule has 2 rings (SSSR count). The number of carbonyl (C=O) groups is 2. The number of benzene rings is 1. The third kappa shape index (κ3) is 6.53. The second kappa shape index (κ2) is 10.5. The maximum Gasteiger partial charge on any atom is 0.354 e. The predicted octanol–water partition coefficient (Wildman–Crippen LogP) is 4.20. The Balaban J connectivity index is 1.77. The molecule has 0 radical (unpaired) electrons. The fourth-order valence-electron chi connectivity index (χ4n) is 2.48. The van der Waals surface area contributed by atoms with Gasteiger partial charge in [0.05, 0.1) is 34.2 Å². The number of aryl methyl sites for hydroxylation is 1. The number of unbranched alkanes of at least 4 members (excludes halogenated alkanes) is 2. The average Bonchev–Trinajstić information content (AvgIpc) is 2.67. The minimum Gasteiger partial charge on any atom is -0.492 e. The van der Waals surface area contributed by atoms with Crippen LogP contribution in [0.5, 0.6) is 11.6 Å². The van der Waals surface area contributed by atoms with Gasteiger partial charge < -0.3 is 14.6 Å². The molecule has 9 nitrogen and oxygen atoms in total. The van der Waals surface area contributed by atoms with Gasteiger partial charge in [-0.2, -0.15) is 0 Å². The fourth-order valence-corrected chi connectivity index (χ4v) is 2.96. The SMILES string of the molecule is Cc1cc(OCCCCCOc2cc([N+](=O)[O-])c(C=O)cc2Br)nc(C(=O)O)c1. The molecule has 29 heavy (non-hydrogen) atoms. The van der Waals surface area contributed by atoms with E-state index in [2.05, 4.69) is 20.9 Å². The number of aromatic nitrogens is 1. The number of carbonyl (C=O) groups excluding carboxylic acids is 1. The lowest BCUT2D eigenvalue weighted by molar-refractivity contribution is -0.385. The van der Waals surface area contributed by atoms with E-state index in [-0.39, 0.29) is 22.8 Å². The second-order valence-electron chi connectivity index (χ2n) is 6.15. The van der Waals surface area contributed by atoms with E-state index in [0.717, 1.165) is 12.0 Å². The summed E-state index contributed by atoms with van der Waals surface area (Å²) in [7, 11) is 0. The summed E-state index contributed by atoms with van der Waals surface area (Å²) >= 11 is 3.24. The summed E-state index contributed by atoms with van der Waals surface area (Å²) in [6.45, 7) is 2.48. The van der Waals surface area contributed by atoms with Gasteiger partial charge >= 0.3 is 5.97 Å². The maximum absolute atomic E-state index is 11.0. The van der Waals surface area contributed by atoms with E-state index in [1.807, 2.05) is 0 Å². The summed E-state index contributed by atoms with van der Waals surface area (Å²) in [6.07, 6.45) is 2.58. The van der Waals surface area contributed by atoms with Crippen LogP contribution in [-0.2, 0) is 0 Å². The molecule has 1 N–H and O–H groups in total. The molecule has 0 fully saturated rings. The zero-order valence-electron chi connectivity index (χ0n) is 15.6. The topological polar surface area (TPSA) is 129 Å². The molecule has 0 saturated heterocycles. The lowest BCUT2D eigenvalue weighted by Crippen LogP contribution is -2.06. The summed E-state index contributed by atoms with van der Waals surface area (Å²) in [6, 6.07) is 5.72. The number of nitro benzene ring substituents is 1. The number of pyridine rings is 1. The molecule has 0 atom stereocenters. The Morgan fingerprint density at radius 1 is 1.21 bits per heavy atom. The maximum atomic E-state index is 11.0. The van der Waals surface area contributed by atoms with Gasteiger partial charge in [0.1, 0.15) is 5.75 Å². The molecule has 154 valence electrons. The number of halogens is 1. The fraction of sp³-hybridized carbons (Fsp3) is 0.316. The predicted molar refractivity (Wildman–Crippen MR) is 107 cm³/mol. The van der Waals surface area contributed by atoms with Crippen LogP contribution < -0.4 is 9.47 Å². The molecule has 0 unspecified atom stereocenters. The Morgan fingerprint density at radius 2 is 1.90 bits per heavy atom. The highest BCUT2D eigenvalue weighted by molar-refractivity contribution is 9.10. The van der Waals surface area contributed by atoms with Gasteiger partial charge in [0.2, 0.25) is 5.88 Å². The zero-order valence-corrected chi connectivity index (χ0v) is 17.2. The van der Waals surface area contributed by atoms with Crippen LogP contribution in [0.3, 0.4) is 0 Å². The van der Waals surface area contributed by atoms with Crippen molar-refractivity contribution in [2.75, 3.05) is 13.2 Å². The number of aromatic carboxylic acids is 1. The lowest BCUT2D eigenvalue weighted by Gasteiger charge is -2.10. The molecule has 2 aromatic rings. The first-order chi connectivity index (χ1) is 13.8.